The summed E-state index contributed by atoms with van der Waals surface area (Å²) in [6, 6.07) is 14.1. The standard InChI is InChI=1S/C22H20N6O3/c1-15(20(29)25-17-5-2-4-16(12-17)13-23)27-7-9-28(10-8-27)22-18(14-24)26-21(31-22)19-6-3-11-30-19/h2-6,11-12,15H,7-10H2,1H3,(H,25,29). The van der Waals surface area contributed by atoms with Gasteiger partial charge >= 0.3 is 0 Å². The summed E-state index contributed by atoms with van der Waals surface area (Å²) in [5, 5.41) is 21.3. The number of furan rings is 1. The molecule has 0 radical (unpaired) electrons. The van der Waals surface area contributed by atoms with E-state index < -0.39 is 0 Å². The minimum Gasteiger partial charge on any atom is -0.459 e. The second-order valence-corrected chi connectivity index (χ2v) is 7.14. The van der Waals surface area contributed by atoms with Crippen molar-refractivity contribution < 1.29 is 13.6 Å². The van der Waals surface area contributed by atoms with E-state index in [1.807, 2.05) is 11.8 Å². The summed E-state index contributed by atoms with van der Waals surface area (Å²) in [4.78, 5) is 20.9. The molecule has 1 N–H and O–H groups in total. The maximum Gasteiger partial charge on any atom is 0.266 e. The Morgan fingerprint density at radius 1 is 1.16 bits per heavy atom. The number of nitrogens with one attached hydrogen (secondary N) is 1. The Balaban J connectivity index is 1.39. The largest absolute Gasteiger partial charge is 0.459 e. The van der Waals surface area contributed by atoms with E-state index in [0.29, 0.717) is 49.1 Å². The molecule has 0 spiro atoms. The second kappa shape index (κ2) is 8.74. The van der Waals surface area contributed by atoms with E-state index in [9.17, 15) is 10.1 Å². The quantitative estimate of drug-likeness (QED) is 0.674. The number of nitriles is 2. The SMILES string of the molecule is CC(C(=O)Nc1cccc(C#N)c1)N1CCN(c2oc(-c3ccco3)nc2C#N)CC1. The van der Waals surface area contributed by atoms with Crippen molar-refractivity contribution in [1.82, 2.24) is 9.88 Å². The number of aromatic nitrogens is 1. The molecule has 4 rings (SSSR count). The highest BCUT2D eigenvalue weighted by molar-refractivity contribution is 5.94. The number of rotatable bonds is 5. The molecule has 1 unspecified atom stereocenters. The van der Waals surface area contributed by atoms with E-state index in [-0.39, 0.29) is 23.5 Å². The van der Waals surface area contributed by atoms with E-state index in [2.05, 4.69) is 27.3 Å². The average Bonchev–Trinajstić information content (AvgIpc) is 3.48. The third-order valence-electron chi connectivity index (χ3n) is 5.23. The van der Waals surface area contributed by atoms with E-state index in [0.717, 1.165) is 0 Å². The van der Waals surface area contributed by atoms with Crippen LogP contribution in [-0.2, 0) is 4.79 Å². The molecular weight excluding hydrogens is 396 g/mol. The van der Waals surface area contributed by atoms with Gasteiger partial charge in [-0.2, -0.15) is 15.5 Å². The molecule has 2 aromatic heterocycles. The molecule has 9 nitrogen and oxygen atoms in total. The summed E-state index contributed by atoms with van der Waals surface area (Å²) < 4.78 is 11.1. The van der Waals surface area contributed by atoms with Gasteiger partial charge in [0.15, 0.2) is 5.76 Å². The molecule has 31 heavy (non-hydrogen) atoms. The summed E-state index contributed by atoms with van der Waals surface area (Å²) in [5.41, 5.74) is 1.30. The maximum absolute atomic E-state index is 12.7. The normalized spacial score (nSPS) is 15.1. The van der Waals surface area contributed by atoms with Gasteiger partial charge in [-0.05, 0) is 37.3 Å². The molecule has 1 aromatic carbocycles. The number of hydrogen-bond donors (Lipinski definition) is 1. The van der Waals surface area contributed by atoms with Crippen molar-refractivity contribution in [3.8, 4) is 23.8 Å². The molecule has 3 heterocycles. The third kappa shape index (κ3) is 4.27. The van der Waals surface area contributed by atoms with Crippen LogP contribution in [-0.4, -0.2) is 48.0 Å². The van der Waals surface area contributed by atoms with Crippen LogP contribution in [0.25, 0.3) is 11.7 Å². The van der Waals surface area contributed by atoms with Gasteiger partial charge in [0.1, 0.15) is 6.07 Å². The fourth-order valence-corrected chi connectivity index (χ4v) is 3.50. The molecule has 0 bridgehead atoms. The highest BCUT2D eigenvalue weighted by atomic mass is 16.4. The van der Waals surface area contributed by atoms with Crippen LogP contribution in [0, 0.1) is 22.7 Å². The Labute approximate surface area is 179 Å². The molecule has 156 valence electrons. The Morgan fingerprint density at radius 2 is 1.97 bits per heavy atom. The number of hydrogen-bond acceptors (Lipinski definition) is 8. The number of carbonyl (C=O) groups excluding carboxylic acids is 1. The summed E-state index contributed by atoms with van der Waals surface area (Å²) in [6.07, 6.45) is 1.52. The lowest BCUT2D eigenvalue weighted by Gasteiger charge is -2.37. The molecular formula is C22H20N6O3. The van der Waals surface area contributed by atoms with Crippen LogP contribution >= 0.6 is 0 Å². The first kappa shape index (κ1) is 20.2. The molecule has 0 saturated carbocycles. The number of benzene rings is 1. The van der Waals surface area contributed by atoms with Crippen molar-refractivity contribution in [2.24, 2.45) is 0 Å². The molecule has 9 heteroatoms. The number of anilines is 2. The van der Waals surface area contributed by atoms with Crippen molar-refractivity contribution in [3.05, 3.63) is 53.9 Å². The molecule has 1 aliphatic rings. The first-order valence-electron chi connectivity index (χ1n) is 9.84. The fraction of sp³-hybridized carbons (Fsp3) is 0.273. The molecule has 1 amide bonds. The fourth-order valence-electron chi connectivity index (χ4n) is 3.50. The Morgan fingerprint density at radius 3 is 2.65 bits per heavy atom. The van der Waals surface area contributed by atoms with Crippen LogP contribution in [0.5, 0.6) is 0 Å². The van der Waals surface area contributed by atoms with Gasteiger partial charge in [-0.3, -0.25) is 9.69 Å². The van der Waals surface area contributed by atoms with Crippen molar-refractivity contribution in [1.29, 1.82) is 10.5 Å². The van der Waals surface area contributed by atoms with Gasteiger partial charge < -0.3 is 19.1 Å². The second-order valence-electron chi connectivity index (χ2n) is 7.14. The lowest BCUT2D eigenvalue weighted by molar-refractivity contribution is -0.120. The van der Waals surface area contributed by atoms with E-state index in [1.54, 1.807) is 36.4 Å². The zero-order chi connectivity index (χ0) is 21.8. The highest BCUT2D eigenvalue weighted by Gasteiger charge is 2.29. The van der Waals surface area contributed by atoms with Crippen molar-refractivity contribution in [3.63, 3.8) is 0 Å². The van der Waals surface area contributed by atoms with Crippen molar-refractivity contribution in [2.45, 2.75) is 13.0 Å². The van der Waals surface area contributed by atoms with Crippen LogP contribution < -0.4 is 10.2 Å². The monoisotopic (exact) mass is 416 g/mol. The summed E-state index contributed by atoms with van der Waals surface area (Å²) in [7, 11) is 0. The first-order valence-corrected chi connectivity index (χ1v) is 9.84. The van der Waals surface area contributed by atoms with Gasteiger partial charge in [-0.1, -0.05) is 6.07 Å². The number of carbonyl (C=O) groups is 1. The van der Waals surface area contributed by atoms with Gasteiger partial charge in [0.2, 0.25) is 17.5 Å². The minimum absolute atomic E-state index is 0.138. The van der Waals surface area contributed by atoms with Gasteiger partial charge in [0.25, 0.3) is 5.89 Å². The van der Waals surface area contributed by atoms with Crippen molar-refractivity contribution in [2.75, 3.05) is 36.4 Å². The summed E-state index contributed by atoms with van der Waals surface area (Å²) >= 11 is 0. The van der Waals surface area contributed by atoms with Crippen LogP contribution in [0.15, 0.2) is 51.5 Å². The van der Waals surface area contributed by atoms with E-state index in [1.165, 1.54) is 6.26 Å². The number of amides is 1. The van der Waals surface area contributed by atoms with Crippen LogP contribution in [0.1, 0.15) is 18.2 Å². The average molecular weight is 416 g/mol. The predicted molar refractivity (Wildman–Crippen MR) is 112 cm³/mol. The molecule has 1 atom stereocenters. The lowest BCUT2D eigenvalue weighted by Crippen LogP contribution is -2.52. The highest BCUT2D eigenvalue weighted by Crippen LogP contribution is 2.29. The van der Waals surface area contributed by atoms with Crippen LogP contribution in [0.3, 0.4) is 0 Å². The summed E-state index contributed by atoms with van der Waals surface area (Å²) in [5.74, 6) is 1.01. The maximum atomic E-state index is 12.7. The summed E-state index contributed by atoms with van der Waals surface area (Å²) in [6.45, 7) is 4.26. The molecule has 1 aliphatic heterocycles. The third-order valence-corrected chi connectivity index (χ3v) is 5.23. The van der Waals surface area contributed by atoms with E-state index >= 15 is 0 Å². The van der Waals surface area contributed by atoms with Crippen LogP contribution in [0.2, 0.25) is 0 Å². The van der Waals surface area contributed by atoms with Gasteiger partial charge in [-0.25, -0.2) is 0 Å². The van der Waals surface area contributed by atoms with Crippen molar-refractivity contribution >= 4 is 17.5 Å². The Bertz CT molecular complexity index is 1150. The molecule has 1 saturated heterocycles. The topological polar surface area (TPSA) is 122 Å². The Hall–Kier alpha value is -4.08. The number of oxazole rings is 1. The van der Waals surface area contributed by atoms with E-state index in [4.69, 9.17) is 14.1 Å². The number of piperazine rings is 1. The molecule has 0 aliphatic carbocycles. The number of nitrogens with zero attached hydrogens (tertiary/aromatic N) is 5. The smallest absolute Gasteiger partial charge is 0.266 e. The van der Waals surface area contributed by atoms with Gasteiger partial charge in [0, 0.05) is 31.9 Å². The molecule has 3 aromatic rings. The predicted octanol–water partition coefficient (Wildman–Crippen LogP) is 2.83. The lowest BCUT2D eigenvalue weighted by atomic mass is 10.2. The zero-order valence-corrected chi connectivity index (χ0v) is 16.9. The Kier molecular flexibility index (Phi) is 5.69. The molecule has 1 fully saturated rings. The van der Waals surface area contributed by atoms with Gasteiger partial charge in [0.05, 0.1) is 23.9 Å². The van der Waals surface area contributed by atoms with Gasteiger partial charge in [-0.15, -0.1) is 0 Å². The first-order chi connectivity index (χ1) is 15.1. The zero-order valence-electron chi connectivity index (χ0n) is 16.9. The van der Waals surface area contributed by atoms with Crippen LogP contribution in [0.4, 0.5) is 11.6 Å². The minimum atomic E-state index is -0.350.